The molecule has 8 heteroatoms. The maximum atomic E-state index is 12.1. The predicted octanol–water partition coefficient (Wildman–Crippen LogP) is 0.299. The van der Waals surface area contributed by atoms with E-state index in [0.717, 1.165) is 0 Å². The van der Waals surface area contributed by atoms with E-state index < -0.39 is 10.0 Å². The van der Waals surface area contributed by atoms with Gasteiger partial charge in [0.15, 0.2) is 5.03 Å². The highest BCUT2D eigenvalue weighted by Crippen LogP contribution is 2.11. The summed E-state index contributed by atoms with van der Waals surface area (Å²) in [4.78, 5) is 2.20. The first-order chi connectivity index (χ1) is 9.29. The van der Waals surface area contributed by atoms with E-state index in [9.17, 15) is 8.42 Å². The lowest BCUT2D eigenvalue weighted by atomic mass is 10.2. The Bertz CT molecular complexity index is 503. The number of hydrogen-bond acceptors (Lipinski definition) is 5. The Morgan fingerprint density at radius 1 is 1.35 bits per heavy atom. The van der Waals surface area contributed by atoms with Gasteiger partial charge in [-0.3, -0.25) is 10.00 Å². The van der Waals surface area contributed by atoms with Crippen LogP contribution in [0.4, 0.5) is 0 Å². The molecule has 0 saturated heterocycles. The van der Waals surface area contributed by atoms with Crippen molar-refractivity contribution >= 4 is 10.0 Å². The smallest absolute Gasteiger partial charge is 0.257 e. The molecule has 0 atom stereocenters. The maximum Gasteiger partial charge on any atom is 0.257 e. The van der Waals surface area contributed by atoms with E-state index in [0.29, 0.717) is 25.2 Å². The zero-order valence-electron chi connectivity index (χ0n) is 12.4. The van der Waals surface area contributed by atoms with E-state index in [2.05, 4.69) is 47.5 Å². The Labute approximate surface area is 120 Å². The molecule has 7 nitrogen and oxygen atoms in total. The summed E-state index contributed by atoms with van der Waals surface area (Å²) in [6.45, 7) is 8.87. The topological polar surface area (TPSA) is 98.3 Å². The Hall–Kier alpha value is -0.960. The van der Waals surface area contributed by atoms with Gasteiger partial charge in [-0.05, 0) is 27.7 Å². The van der Waals surface area contributed by atoms with Crippen LogP contribution in [0.15, 0.2) is 11.2 Å². The van der Waals surface area contributed by atoms with Crippen molar-refractivity contribution in [2.75, 3.05) is 13.1 Å². The first kappa shape index (κ1) is 17.1. The third-order valence-corrected chi connectivity index (χ3v) is 4.58. The second-order valence-electron chi connectivity index (χ2n) is 5.21. The van der Waals surface area contributed by atoms with Crippen molar-refractivity contribution in [3.8, 4) is 0 Å². The number of hydrogen-bond donors (Lipinski definition) is 3. The second kappa shape index (κ2) is 7.16. The van der Waals surface area contributed by atoms with Gasteiger partial charge in [0.25, 0.3) is 10.0 Å². The molecule has 0 fully saturated rings. The number of aromatic nitrogens is 2. The molecule has 0 saturated carbocycles. The van der Waals surface area contributed by atoms with Gasteiger partial charge >= 0.3 is 0 Å². The van der Waals surface area contributed by atoms with E-state index in [4.69, 9.17) is 5.11 Å². The maximum absolute atomic E-state index is 12.1. The molecule has 1 rings (SSSR count). The molecule has 1 aromatic heterocycles. The Kier molecular flexibility index (Phi) is 6.12. The molecule has 0 unspecified atom stereocenters. The molecule has 0 bridgehead atoms. The van der Waals surface area contributed by atoms with Crippen LogP contribution in [0.2, 0.25) is 0 Å². The molecule has 0 amide bonds. The Morgan fingerprint density at radius 2 is 1.95 bits per heavy atom. The van der Waals surface area contributed by atoms with Gasteiger partial charge in [0.05, 0.1) is 12.8 Å². The van der Waals surface area contributed by atoms with Crippen LogP contribution in [0.5, 0.6) is 0 Å². The minimum atomic E-state index is -3.66. The molecule has 0 aromatic carbocycles. The average Bonchev–Trinajstić information content (AvgIpc) is 2.82. The highest BCUT2D eigenvalue weighted by atomic mass is 32.2. The fourth-order valence-corrected chi connectivity index (χ4v) is 3.28. The molecule has 0 aliphatic heterocycles. The number of aliphatic hydroxyl groups excluding tert-OH is 1. The number of aromatic amines is 1. The number of rotatable bonds is 8. The number of sulfonamides is 1. The highest BCUT2D eigenvalue weighted by molar-refractivity contribution is 7.89. The molecule has 20 heavy (non-hydrogen) atoms. The van der Waals surface area contributed by atoms with Gasteiger partial charge in [0, 0.05) is 30.7 Å². The quantitative estimate of drug-likeness (QED) is 0.641. The van der Waals surface area contributed by atoms with Crippen LogP contribution in [0.25, 0.3) is 0 Å². The molecule has 116 valence electrons. The van der Waals surface area contributed by atoms with Crippen molar-refractivity contribution in [1.29, 1.82) is 0 Å². The molecule has 1 aromatic rings. The third kappa shape index (κ3) is 4.27. The van der Waals surface area contributed by atoms with Gasteiger partial charge in [-0.25, -0.2) is 13.1 Å². The summed E-state index contributed by atoms with van der Waals surface area (Å²) in [5.74, 6) is 0. The van der Waals surface area contributed by atoms with E-state index >= 15 is 0 Å². The van der Waals surface area contributed by atoms with Gasteiger partial charge in [0.2, 0.25) is 0 Å². The van der Waals surface area contributed by atoms with Gasteiger partial charge < -0.3 is 5.11 Å². The summed E-state index contributed by atoms with van der Waals surface area (Å²) in [6, 6.07) is 0.694. The van der Waals surface area contributed by atoms with Crippen LogP contribution in [0, 0.1) is 0 Å². The first-order valence-electron chi connectivity index (χ1n) is 6.68. The normalized spacial score (nSPS) is 12.8. The van der Waals surface area contributed by atoms with E-state index in [-0.39, 0.29) is 17.2 Å². The van der Waals surface area contributed by atoms with Crippen LogP contribution >= 0.6 is 0 Å². The van der Waals surface area contributed by atoms with Gasteiger partial charge in [0.1, 0.15) is 0 Å². The van der Waals surface area contributed by atoms with Crippen LogP contribution in [-0.4, -0.2) is 53.8 Å². The van der Waals surface area contributed by atoms with Crippen molar-refractivity contribution in [1.82, 2.24) is 19.8 Å². The zero-order valence-corrected chi connectivity index (χ0v) is 13.2. The van der Waals surface area contributed by atoms with Crippen LogP contribution in [0.3, 0.4) is 0 Å². The number of H-pyrrole nitrogens is 1. The summed E-state index contributed by atoms with van der Waals surface area (Å²) < 4.78 is 26.7. The third-order valence-electron chi connectivity index (χ3n) is 3.11. The number of nitrogens with zero attached hydrogens (tertiary/aromatic N) is 2. The average molecular weight is 304 g/mol. The SMILES string of the molecule is CC(C)N(CCNS(=O)(=O)c1[nH]ncc1CO)C(C)C. The largest absolute Gasteiger partial charge is 0.392 e. The molecule has 1 heterocycles. The Morgan fingerprint density at radius 3 is 2.45 bits per heavy atom. The second-order valence-corrected chi connectivity index (χ2v) is 6.91. The van der Waals surface area contributed by atoms with Gasteiger partial charge in [-0.15, -0.1) is 0 Å². The Balaban J connectivity index is 2.65. The first-order valence-corrected chi connectivity index (χ1v) is 8.16. The molecular weight excluding hydrogens is 280 g/mol. The van der Waals surface area contributed by atoms with E-state index in [1.807, 2.05) is 0 Å². The van der Waals surface area contributed by atoms with E-state index in [1.54, 1.807) is 0 Å². The lowest BCUT2D eigenvalue weighted by Gasteiger charge is -2.30. The summed E-state index contributed by atoms with van der Waals surface area (Å²) in [5, 5.41) is 15.1. The molecule has 0 aliphatic carbocycles. The minimum absolute atomic E-state index is 0.0688. The van der Waals surface area contributed by atoms with Gasteiger partial charge in [-0.1, -0.05) is 0 Å². The van der Waals surface area contributed by atoms with Crippen molar-refractivity contribution in [2.45, 2.75) is 51.4 Å². The van der Waals surface area contributed by atoms with E-state index in [1.165, 1.54) is 6.20 Å². The fourth-order valence-electron chi connectivity index (χ4n) is 2.14. The molecular formula is C12H24N4O3S. The van der Waals surface area contributed by atoms with Crippen LogP contribution in [0.1, 0.15) is 33.3 Å². The van der Waals surface area contributed by atoms with Crippen molar-refractivity contribution in [3.05, 3.63) is 11.8 Å². The monoisotopic (exact) mass is 304 g/mol. The van der Waals surface area contributed by atoms with Crippen molar-refractivity contribution < 1.29 is 13.5 Å². The summed E-state index contributed by atoms with van der Waals surface area (Å²) in [5.41, 5.74) is 0.266. The van der Waals surface area contributed by atoms with Crippen molar-refractivity contribution in [2.24, 2.45) is 0 Å². The van der Waals surface area contributed by atoms with Gasteiger partial charge in [-0.2, -0.15) is 5.10 Å². The molecule has 3 N–H and O–H groups in total. The molecule has 0 spiro atoms. The minimum Gasteiger partial charge on any atom is -0.392 e. The molecule has 0 radical (unpaired) electrons. The van der Waals surface area contributed by atoms with Crippen molar-refractivity contribution in [3.63, 3.8) is 0 Å². The summed E-state index contributed by atoms with van der Waals surface area (Å²) in [7, 11) is -3.66. The number of nitrogens with one attached hydrogen (secondary N) is 2. The van der Waals surface area contributed by atoms with Crippen LogP contribution in [-0.2, 0) is 16.6 Å². The summed E-state index contributed by atoms with van der Waals surface area (Å²) >= 11 is 0. The predicted molar refractivity (Wildman–Crippen MR) is 76.7 cm³/mol. The lowest BCUT2D eigenvalue weighted by Crippen LogP contribution is -2.42. The fraction of sp³-hybridized carbons (Fsp3) is 0.750. The van der Waals surface area contributed by atoms with Crippen LogP contribution < -0.4 is 4.72 Å². The zero-order chi connectivity index (χ0) is 15.3. The highest BCUT2D eigenvalue weighted by Gasteiger charge is 2.21. The lowest BCUT2D eigenvalue weighted by molar-refractivity contribution is 0.179. The molecule has 0 aliphatic rings. The number of aliphatic hydroxyl groups is 1. The standard InChI is InChI=1S/C12H24N4O3S/c1-9(2)16(10(3)4)6-5-14-20(18,19)12-11(8-17)7-13-15-12/h7,9-10,14,17H,5-6,8H2,1-4H3,(H,13,15). The summed E-state index contributed by atoms with van der Waals surface area (Å²) in [6.07, 6.45) is 1.31.